The predicted octanol–water partition coefficient (Wildman–Crippen LogP) is 4.55. The van der Waals surface area contributed by atoms with Crippen LogP contribution in [0.2, 0.25) is 10.0 Å². The molecule has 2 nitrogen and oxygen atoms in total. The minimum atomic E-state index is -0.0389. The Balaban J connectivity index is 2.15. The number of hydrogen-bond acceptors (Lipinski definition) is 2. The van der Waals surface area contributed by atoms with Crippen LogP contribution in [-0.2, 0) is 6.42 Å². The highest BCUT2D eigenvalue weighted by Crippen LogP contribution is 2.40. The number of nitrogens with one attached hydrogen (secondary N) is 1. The summed E-state index contributed by atoms with van der Waals surface area (Å²) in [6.07, 6.45) is 0.904. The molecule has 1 aliphatic rings. The van der Waals surface area contributed by atoms with Crippen molar-refractivity contribution in [2.24, 2.45) is 0 Å². The van der Waals surface area contributed by atoms with Gasteiger partial charge in [0, 0.05) is 22.0 Å². The maximum absolute atomic E-state index is 6.49. The van der Waals surface area contributed by atoms with Gasteiger partial charge in [0.2, 0.25) is 0 Å². The zero-order valence-corrected chi connectivity index (χ0v) is 13.6. The third kappa shape index (κ3) is 2.64. The van der Waals surface area contributed by atoms with Crippen LogP contribution in [0.5, 0.6) is 5.75 Å². The lowest BCUT2D eigenvalue weighted by molar-refractivity contribution is 0.351. The number of aryl methyl sites for hydroxylation is 1. The van der Waals surface area contributed by atoms with Gasteiger partial charge in [-0.15, -0.1) is 0 Å². The van der Waals surface area contributed by atoms with Crippen molar-refractivity contribution in [3.8, 4) is 5.75 Å². The fourth-order valence-electron chi connectivity index (χ4n) is 2.88. The summed E-state index contributed by atoms with van der Waals surface area (Å²) in [5, 5.41) is 4.85. The summed E-state index contributed by atoms with van der Waals surface area (Å²) in [4.78, 5) is 0. The summed E-state index contributed by atoms with van der Waals surface area (Å²) in [5.74, 6) is 0.941. The second kappa shape index (κ2) is 5.88. The molecule has 0 saturated carbocycles. The first-order chi connectivity index (χ1) is 10.1. The van der Waals surface area contributed by atoms with Gasteiger partial charge in [-0.1, -0.05) is 41.4 Å². The Morgan fingerprint density at radius 1 is 1.19 bits per heavy atom. The van der Waals surface area contributed by atoms with Crippen LogP contribution in [0.25, 0.3) is 0 Å². The molecule has 4 heteroatoms. The quantitative estimate of drug-likeness (QED) is 0.895. The Morgan fingerprint density at radius 3 is 2.76 bits per heavy atom. The van der Waals surface area contributed by atoms with Crippen LogP contribution in [0, 0.1) is 6.92 Å². The highest BCUT2D eigenvalue weighted by Gasteiger charge is 2.25. The molecule has 1 atom stereocenters. The summed E-state index contributed by atoms with van der Waals surface area (Å²) >= 11 is 12.8. The van der Waals surface area contributed by atoms with Gasteiger partial charge in [-0.05, 0) is 42.8 Å². The molecule has 0 bridgehead atoms. The summed E-state index contributed by atoms with van der Waals surface area (Å²) in [6, 6.07) is 9.98. The molecule has 1 N–H and O–H groups in total. The maximum Gasteiger partial charge on any atom is 0.127 e. The van der Waals surface area contributed by atoms with Crippen LogP contribution >= 0.6 is 23.2 Å². The highest BCUT2D eigenvalue weighted by molar-refractivity contribution is 6.32. The van der Waals surface area contributed by atoms with Crippen LogP contribution < -0.4 is 10.1 Å². The minimum Gasteiger partial charge on any atom is -0.493 e. The van der Waals surface area contributed by atoms with Gasteiger partial charge in [-0.2, -0.15) is 0 Å². The lowest BCUT2D eigenvalue weighted by Crippen LogP contribution is -2.19. The van der Waals surface area contributed by atoms with Gasteiger partial charge in [-0.25, -0.2) is 0 Å². The molecule has 1 heterocycles. The lowest BCUT2D eigenvalue weighted by atomic mass is 9.95. The highest BCUT2D eigenvalue weighted by atomic mass is 35.5. The van der Waals surface area contributed by atoms with Gasteiger partial charge in [-0.3, -0.25) is 0 Å². The first-order valence-electron chi connectivity index (χ1n) is 6.99. The van der Waals surface area contributed by atoms with Crippen LogP contribution in [0.4, 0.5) is 0 Å². The van der Waals surface area contributed by atoms with Crippen molar-refractivity contribution in [2.45, 2.75) is 19.4 Å². The Morgan fingerprint density at radius 2 is 2.00 bits per heavy atom. The Hall–Kier alpha value is -1.22. The molecule has 0 aromatic heterocycles. The second-order valence-corrected chi connectivity index (χ2v) is 6.10. The van der Waals surface area contributed by atoms with Gasteiger partial charge in [0.1, 0.15) is 5.75 Å². The molecule has 0 aliphatic carbocycles. The number of benzene rings is 2. The van der Waals surface area contributed by atoms with Crippen LogP contribution in [0.15, 0.2) is 30.3 Å². The molecule has 1 aliphatic heterocycles. The Labute approximate surface area is 135 Å². The van der Waals surface area contributed by atoms with E-state index in [1.54, 1.807) is 0 Å². The zero-order valence-electron chi connectivity index (χ0n) is 12.0. The molecule has 0 radical (unpaired) electrons. The zero-order chi connectivity index (χ0) is 15.0. The normalized spacial score (nSPS) is 14.7. The third-order valence-electron chi connectivity index (χ3n) is 3.91. The van der Waals surface area contributed by atoms with E-state index >= 15 is 0 Å². The molecule has 110 valence electrons. The van der Waals surface area contributed by atoms with E-state index in [2.05, 4.69) is 5.32 Å². The average Bonchev–Trinajstić information content (AvgIpc) is 2.92. The lowest BCUT2D eigenvalue weighted by Gasteiger charge is -2.22. The maximum atomic E-state index is 6.49. The van der Waals surface area contributed by atoms with Crippen molar-refractivity contribution in [3.05, 3.63) is 62.6 Å². The number of ether oxygens (including phenoxy) is 1. The van der Waals surface area contributed by atoms with E-state index in [0.717, 1.165) is 38.9 Å². The molecule has 0 fully saturated rings. The molecule has 0 amide bonds. The molecular formula is C17H17Cl2NO. The van der Waals surface area contributed by atoms with E-state index in [0.29, 0.717) is 6.61 Å². The topological polar surface area (TPSA) is 21.3 Å². The Kier molecular flexibility index (Phi) is 4.12. The fourth-order valence-corrected chi connectivity index (χ4v) is 3.37. The number of rotatable bonds is 3. The van der Waals surface area contributed by atoms with E-state index in [9.17, 15) is 0 Å². The predicted molar refractivity (Wildman–Crippen MR) is 87.7 cm³/mol. The summed E-state index contributed by atoms with van der Waals surface area (Å²) in [6.45, 7) is 2.72. The van der Waals surface area contributed by atoms with E-state index in [1.165, 1.54) is 5.56 Å². The van der Waals surface area contributed by atoms with Crippen LogP contribution in [-0.4, -0.2) is 13.7 Å². The van der Waals surface area contributed by atoms with E-state index in [1.807, 2.05) is 44.3 Å². The summed E-state index contributed by atoms with van der Waals surface area (Å²) in [5.41, 5.74) is 4.32. The SMILES string of the molecule is CNC(c1cccc(C)c1Cl)c1cc(Cl)cc2c1OCC2. The molecule has 1 unspecified atom stereocenters. The van der Waals surface area contributed by atoms with Crippen molar-refractivity contribution < 1.29 is 4.74 Å². The molecule has 0 spiro atoms. The van der Waals surface area contributed by atoms with Crippen molar-refractivity contribution >= 4 is 23.2 Å². The molecule has 3 rings (SSSR count). The first-order valence-corrected chi connectivity index (χ1v) is 7.74. The van der Waals surface area contributed by atoms with Gasteiger partial charge >= 0.3 is 0 Å². The minimum absolute atomic E-state index is 0.0389. The van der Waals surface area contributed by atoms with E-state index in [4.69, 9.17) is 27.9 Å². The van der Waals surface area contributed by atoms with Crippen LogP contribution in [0.3, 0.4) is 0 Å². The van der Waals surface area contributed by atoms with E-state index < -0.39 is 0 Å². The largest absolute Gasteiger partial charge is 0.493 e. The van der Waals surface area contributed by atoms with Crippen molar-refractivity contribution in [1.82, 2.24) is 5.32 Å². The smallest absolute Gasteiger partial charge is 0.127 e. The number of fused-ring (bicyclic) bond motifs is 1. The Bertz CT molecular complexity index is 685. The number of hydrogen-bond donors (Lipinski definition) is 1. The first kappa shape index (κ1) is 14.7. The average molecular weight is 322 g/mol. The molecule has 21 heavy (non-hydrogen) atoms. The van der Waals surface area contributed by atoms with Crippen molar-refractivity contribution in [3.63, 3.8) is 0 Å². The molecule has 2 aromatic carbocycles. The fraction of sp³-hybridized carbons (Fsp3) is 0.294. The van der Waals surface area contributed by atoms with Crippen LogP contribution in [0.1, 0.15) is 28.3 Å². The standard InChI is InChI=1S/C17H17Cl2NO/c1-10-4-3-5-13(15(10)19)16(20-2)14-9-12(18)8-11-6-7-21-17(11)14/h3-5,8-9,16,20H,6-7H2,1-2H3. The van der Waals surface area contributed by atoms with Gasteiger partial charge in [0.25, 0.3) is 0 Å². The molecule has 2 aromatic rings. The monoisotopic (exact) mass is 321 g/mol. The summed E-state index contributed by atoms with van der Waals surface area (Å²) < 4.78 is 5.82. The molecule has 0 saturated heterocycles. The van der Waals surface area contributed by atoms with Crippen molar-refractivity contribution in [1.29, 1.82) is 0 Å². The van der Waals surface area contributed by atoms with E-state index in [-0.39, 0.29) is 6.04 Å². The van der Waals surface area contributed by atoms with Crippen molar-refractivity contribution in [2.75, 3.05) is 13.7 Å². The van der Waals surface area contributed by atoms with Gasteiger partial charge in [0.15, 0.2) is 0 Å². The molecular weight excluding hydrogens is 305 g/mol. The summed E-state index contributed by atoms with van der Waals surface area (Å²) in [7, 11) is 1.92. The number of halogens is 2. The second-order valence-electron chi connectivity index (χ2n) is 5.28. The van der Waals surface area contributed by atoms with Gasteiger partial charge in [0.05, 0.1) is 12.6 Å². The van der Waals surface area contributed by atoms with Gasteiger partial charge < -0.3 is 10.1 Å². The third-order valence-corrected chi connectivity index (χ3v) is 4.64.